The van der Waals surface area contributed by atoms with Gasteiger partial charge in [-0.15, -0.1) is 0 Å². The lowest BCUT2D eigenvalue weighted by atomic mass is 10.3. The Morgan fingerprint density at radius 2 is 2.20 bits per heavy atom. The van der Waals surface area contributed by atoms with E-state index in [1.807, 2.05) is 6.07 Å². The molecule has 0 spiro atoms. The van der Waals surface area contributed by atoms with Gasteiger partial charge in [0.25, 0.3) is 0 Å². The monoisotopic (exact) mass is 208 g/mol. The molecular formula is C11H20N4. The van der Waals surface area contributed by atoms with E-state index in [0.29, 0.717) is 12.0 Å². The zero-order chi connectivity index (χ0) is 11.1. The molecule has 0 fully saturated rings. The van der Waals surface area contributed by atoms with Gasteiger partial charge in [-0.25, -0.2) is 4.98 Å². The molecule has 1 rings (SSSR count). The lowest BCUT2D eigenvalue weighted by Crippen LogP contribution is -2.12. The van der Waals surface area contributed by atoms with Crippen molar-refractivity contribution < 1.29 is 0 Å². The highest BCUT2D eigenvalue weighted by Crippen LogP contribution is 2.06. The van der Waals surface area contributed by atoms with E-state index < -0.39 is 0 Å². The Labute approximate surface area is 91.5 Å². The molecule has 0 aliphatic heterocycles. The van der Waals surface area contributed by atoms with Crippen molar-refractivity contribution in [3.63, 3.8) is 0 Å². The van der Waals surface area contributed by atoms with Crippen molar-refractivity contribution >= 4 is 11.8 Å². The summed E-state index contributed by atoms with van der Waals surface area (Å²) in [4.78, 5) is 8.51. The Morgan fingerprint density at radius 3 is 2.87 bits per heavy atom. The maximum atomic E-state index is 4.35. The summed E-state index contributed by atoms with van der Waals surface area (Å²) in [5, 5.41) is 6.44. The Hall–Kier alpha value is -1.32. The van der Waals surface area contributed by atoms with Crippen LogP contribution in [-0.2, 0) is 0 Å². The smallest absolute Gasteiger partial charge is 0.224 e. The molecule has 15 heavy (non-hydrogen) atoms. The van der Waals surface area contributed by atoms with Gasteiger partial charge in [-0.1, -0.05) is 13.3 Å². The van der Waals surface area contributed by atoms with E-state index in [-0.39, 0.29) is 0 Å². The second-order valence-electron chi connectivity index (χ2n) is 3.84. The third-order valence-corrected chi connectivity index (χ3v) is 1.91. The molecule has 0 aliphatic rings. The minimum absolute atomic E-state index is 0.392. The summed E-state index contributed by atoms with van der Waals surface area (Å²) < 4.78 is 0. The molecule has 2 N–H and O–H groups in total. The van der Waals surface area contributed by atoms with Crippen molar-refractivity contribution in [2.45, 2.75) is 39.7 Å². The zero-order valence-electron chi connectivity index (χ0n) is 9.75. The van der Waals surface area contributed by atoms with E-state index in [1.165, 1.54) is 6.42 Å². The maximum absolute atomic E-state index is 4.35. The van der Waals surface area contributed by atoms with Gasteiger partial charge in [0.2, 0.25) is 5.95 Å². The van der Waals surface area contributed by atoms with Crippen molar-refractivity contribution in [2.75, 3.05) is 17.2 Å². The molecule has 84 valence electrons. The van der Waals surface area contributed by atoms with Gasteiger partial charge in [-0.2, -0.15) is 4.98 Å². The molecule has 0 radical (unpaired) electrons. The number of nitrogens with one attached hydrogen (secondary N) is 2. The molecule has 1 heterocycles. The fraction of sp³-hybridized carbons (Fsp3) is 0.636. The van der Waals surface area contributed by atoms with Crippen molar-refractivity contribution in [3.8, 4) is 0 Å². The van der Waals surface area contributed by atoms with Crippen LogP contribution in [0, 0.1) is 0 Å². The minimum Gasteiger partial charge on any atom is -0.368 e. The number of nitrogens with zero attached hydrogens (tertiary/aromatic N) is 2. The fourth-order valence-electron chi connectivity index (χ4n) is 1.20. The number of hydrogen-bond acceptors (Lipinski definition) is 4. The lowest BCUT2D eigenvalue weighted by molar-refractivity contribution is 0.825. The van der Waals surface area contributed by atoms with Crippen LogP contribution in [0.15, 0.2) is 12.3 Å². The van der Waals surface area contributed by atoms with Crippen LogP contribution >= 0.6 is 0 Å². The highest BCUT2D eigenvalue weighted by molar-refractivity contribution is 5.39. The number of rotatable bonds is 6. The van der Waals surface area contributed by atoms with Crippen LogP contribution in [0.2, 0.25) is 0 Å². The summed E-state index contributed by atoms with van der Waals surface area (Å²) in [5.74, 6) is 1.58. The topological polar surface area (TPSA) is 49.8 Å². The molecule has 0 saturated heterocycles. The summed E-state index contributed by atoms with van der Waals surface area (Å²) in [6.07, 6.45) is 4.09. The van der Waals surface area contributed by atoms with Gasteiger partial charge >= 0.3 is 0 Å². The molecule has 0 aliphatic carbocycles. The number of unbranched alkanes of at least 4 members (excludes halogenated alkanes) is 1. The summed E-state index contributed by atoms with van der Waals surface area (Å²) in [6, 6.07) is 2.27. The van der Waals surface area contributed by atoms with E-state index in [0.717, 1.165) is 18.8 Å². The summed E-state index contributed by atoms with van der Waals surface area (Å²) >= 11 is 0. The van der Waals surface area contributed by atoms with Crippen LogP contribution in [0.4, 0.5) is 11.8 Å². The maximum Gasteiger partial charge on any atom is 0.224 e. The van der Waals surface area contributed by atoms with E-state index in [4.69, 9.17) is 0 Å². The van der Waals surface area contributed by atoms with Crippen LogP contribution in [0.1, 0.15) is 33.6 Å². The van der Waals surface area contributed by atoms with Crippen molar-refractivity contribution in [1.29, 1.82) is 0 Å². The second-order valence-corrected chi connectivity index (χ2v) is 3.84. The highest BCUT2D eigenvalue weighted by Gasteiger charge is 1.99. The van der Waals surface area contributed by atoms with E-state index in [2.05, 4.69) is 41.4 Å². The van der Waals surface area contributed by atoms with Crippen molar-refractivity contribution in [1.82, 2.24) is 9.97 Å². The molecule has 0 saturated carbocycles. The molecule has 1 aromatic rings. The molecule has 0 bridgehead atoms. The van der Waals surface area contributed by atoms with Gasteiger partial charge < -0.3 is 10.6 Å². The number of anilines is 2. The molecule has 0 atom stereocenters. The van der Waals surface area contributed by atoms with Crippen LogP contribution in [-0.4, -0.2) is 22.6 Å². The molecule has 4 heteroatoms. The van der Waals surface area contributed by atoms with Gasteiger partial charge in [0.1, 0.15) is 5.82 Å². The number of hydrogen-bond donors (Lipinski definition) is 2. The van der Waals surface area contributed by atoms with Gasteiger partial charge in [0.05, 0.1) is 0 Å². The number of aromatic nitrogens is 2. The third kappa shape index (κ3) is 4.63. The van der Waals surface area contributed by atoms with E-state index >= 15 is 0 Å². The van der Waals surface area contributed by atoms with Crippen LogP contribution in [0.25, 0.3) is 0 Å². The lowest BCUT2D eigenvalue weighted by Gasteiger charge is -2.10. The Balaban J connectivity index is 2.50. The molecule has 4 nitrogen and oxygen atoms in total. The van der Waals surface area contributed by atoms with Crippen LogP contribution in [0.3, 0.4) is 0 Å². The SMILES string of the molecule is CCCCNc1nccc(NC(C)C)n1. The molecule has 0 amide bonds. The van der Waals surface area contributed by atoms with E-state index in [1.54, 1.807) is 6.20 Å². The third-order valence-electron chi connectivity index (χ3n) is 1.91. The first-order chi connectivity index (χ1) is 7.22. The van der Waals surface area contributed by atoms with Crippen LogP contribution < -0.4 is 10.6 Å². The predicted molar refractivity (Wildman–Crippen MR) is 64.2 cm³/mol. The highest BCUT2D eigenvalue weighted by atomic mass is 15.1. The Kier molecular flexibility index (Phi) is 4.87. The predicted octanol–water partition coefficient (Wildman–Crippen LogP) is 2.51. The normalized spacial score (nSPS) is 10.4. The quantitative estimate of drug-likeness (QED) is 0.705. The summed E-state index contributed by atoms with van der Waals surface area (Å²) in [7, 11) is 0. The molecular weight excluding hydrogens is 188 g/mol. The Bertz CT molecular complexity index is 286. The van der Waals surface area contributed by atoms with E-state index in [9.17, 15) is 0 Å². The molecule has 1 aromatic heterocycles. The van der Waals surface area contributed by atoms with Crippen molar-refractivity contribution in [2.24, 2.45) is 0 Å². The van der Waals surface area contributed by atoms with Gasteiger partial charge in [0.15, 0.2) is 0 Å². The van der Waals surface area contributed by atoms with Gasteiger partial charge in [-0.05, 0) is 26.3 Å². The second kappa shape index (κ2) is 6.22. The van der Waals surface area contributed by atoms with Crippen molar-refractivity contribution in [3.05, 3.63) is 12.3 Å². The van der Waals surface area contributed by atoms with Gasteiger partial charge in [0, 0.05) is 18.8 Å². The fourth-order valence-corrected chi connectivity index (χ4v) is 1.20. The summed E-state index contributed by atoms with van der Waals surface area (Å²) in [6.45, 7) is 7.28. The first-order valence-corrected chi connectivity index (χ1v) is 5.56. The minimum atomic E-state index is 0.392. The largest absolute Gasteiger partial charge is 0.368 e. The van der Waals surface area contributed by atoms with Crippen LogP contribution in [0.5, 0.6) is 0 Å². The van der Waals surface area contributed by atoms with Gasteiger partial charge in [-0.3, -0.25) is 0 Å². The average molecular weight is 208 g/mol. The Morgan fingerprint density at radius 1 is 1.40 bits per heavy atom. The molecule has 0 aromatic carbocycles. The standard InChI is InChI=1S/C11H20N4/c1-4-5-7-12-11-13-8-6-10(15-11)14-9(2)3/h6,8-9H,4-5,7H2,1-3H3,(H2,12,13,14,15). The zero-order valence-corrected chi connectivity index (χ0v) is 9.75. The summed E-state index contributed by atoms with van der Waals surface area (Å²) in [5.41, 5.74) is 0. The molecule has 0 unspecified atom stereocenters. The average Bonchev–Trinajstić information content (AvgIpc) is 2.18. The first-order valence-electron chi connectivity index (χ1n) is 5.56. The first kappa shape index (κ1) is 11.8.